The van der Waals surface area contributed by atoms with E-state index in [-0.39, 0.29) is 16.6 Å². The van der Waals surface area contributed by atoms with Gasteiger partial charge in [0, 0.05) is 5.56 Å². The predicted molar refractivity (Wildman–Crippen MR) is 79.4 cm³/mol. The standard InChI is InChI=1S/C14H12Cl2N2O3/c1-7-5-4-6-9(15)11(7)21-13-10(14(19)20-3)8(2)12(16)17-18-13/h4-6H,1-3H3. The second-order valence-corrected chi connectivity index (χ2v) is 5.04. The van der Waals surface area contributed by atoms with Crippen LogP contribution >= 0.6 is 23.2 Å². The topological polar surface area (TPSA) is 61.3 Å². The number of carbonyl (C=O) groups excluding carboxylic acids is 1. The lowest BCUT2D eigenvalue weighted by molar-refractivity contribution is 0.0595. The highest BCUT2D eigenvalue weighted by atomic mass is 35.5. The molecular formula is C14H12Cl2N2O3. The maximum absolute atomic E-state index is 11.9. The number of nitrogens with zero attached hydrogens (tertiary/aromatic N) is 2. The second kappa shape index (κ2) is 6.28. The first kappa shape index (κ1) is 15.5. The summed E-state index contributed by atoms with van der Waals surface area (Å²) in [6.45, 7) is 3.46. The minimum absolute atomic E-state index is 0.0000463. The number of hydrogen-bond acceptors (Lipinski definition) is 5. The molecule has 0 aliphatic heterocycles. The van der Waals surface area contributed by atoms with Crippen LogP contribution in [0.4, 0.5) is 0 Å². The molecule has 7 heteroatoms. The van der Waals surface area contributed by atoms with Crippen molar-refractivity contribution in [3.05, 3.63) is 45.1 Å². The van der Waals surface area contributed by atoms with Gasteiger partial charge >= 0.3 is 5.97 Å². The molecule has 0 aliphatic rings. The Hall–Kier alpha value is -1.85. The van der Waals surface area contributed by atoms with Gasteiger partial charge in [0.1, 0.15) is 5.56 Å². The Morgan fingerprint density at radius 1 is 1.19 bits per heavy atom. The molecule has 110 valence electrons. The average molecular weight is 327 g/mol. The van der Waals surface area contributed by atoms with Gasteiger partial charge in [0.25, 0.3) is 5.88 Å². The van der Waals surface area contributed by atoms with Crippen LogP contribution in [0, 0.1) is 13.8 Å². The number of hydrogen-bond donors (Lipinski definition) is 0. The lowest BCUT2D eigenvalue weighted by atomic mass is 10.2. The Bertz CT molecular complexity index is 685. The Morgan fingerprint density at radius 3 is 2.52 bits per heavy atom. The third kappa shape index (κ3) is 3.09. The molecule has 2 rings (SSSR count). The summed E-state index contributed by atoms with van der Waals surface area (Å²) in [5.41, 5.74) is 1.35. The Labute approximate surface area is 131 Å². The smallest absolute Gasteiger partial charge is 0.343 e. The van der Waals surface area contributed by atoms with E-state index in [1.165, 1.54) is 7.11 Å². The van der Waals surface area contributed by atoms with E-state index in [0.29, 0.717) is 16.3 Å². The minimum atomic E-state index is -0.607. The van der Waals surface area contributed by atoms with Crippen LogP contribution in [0.5, 0.6) is 11.6 Å². The van der Waals surface area contributed by atoms with Gasteiger partial charge in [-0.3, -0.25) is 0 Å². The van der Waals surface area contributed by atoms with E-state index < -0.39 is 5.97 Å². The van der Waals surface area contributed by atoms with Crippen molar-refractivity contribution in [2.45, 2.75) is 13.8 Å². The van der Waals surface area contributed by atoms with E-state index >= 15 is 0 Å². The maximum atomic E-state index is 11.9. The van der Waals surface area contributed by atoms with Gasteiger partial charge in [0.2, 0.25) is 0 Å². The normalized spacial score (nSPS) is 10.3. The predicted octanol–water partition coefficient (Wildman–Crippen LogP) is 3.98. The highest BCUT2D eigenvalue weighted by Crippen LogP contribution is 2.34. The van der Waals surface area contributed by atoms with Crippen molar-refractivity contribution in [1.29, 1.82) is 0 Å². The lowest BCUT2D eigenvalue weighted by Gasteiger charge is -2.13. The molecule has 0 fully saturated rings. The van der Waals surface area contributed by atoms with Crippen molar-refractivity contribution in [1.82, 2.24) is 10.2 Å². The zero-order chi connectivity index (χ0) is 15.6. The van der Waals surface area contributed by atoms with Gasteiger partial charge in [-0.15, -0.1) is 10.2 Å². The molecule has 0 amide bonds. The van der Waals surface area contributed by atoms with Crippen LogP contribution in [0.25, 0.3) is 0 Å². The fourth-order valence-electron chi connectivity index (χ4n) is 1.73. The van der Waals surface area contributed by atoms with Crippen LogP contribution in [0.2, 0.25) is 10.2 Å². The number of aryl methyl sites for hydroxylation is 1. The van der Waals surface area contributed by atoms with E-state index in [4.69, 9.17) is 32.7 Å². The number of esters is 1. The summed E-state index contributed by atoms with van der Waals surface area (Å²) < 4.78 is 10.4. The molecule has 1 aromatic heterocycles. The molecule has 0 saturated heterocycles. The fourth-order valence-corrected chi connectivity index (χ4v) is 2.13. The SMILES string of the molecule is COC(=O)c1c(Oc2c(C)cccc2Cl)nnc(Cl)c1C. The number of para-hydroxylation sites is 1. The number of benzene rings is 1. The van der Waals surface area contributed by atoms with Gasteiger partial charge in [-0.1, -0.05) is 35.3 Å². The molecule has 0 aliphatic carbocycles. The number of rotatable bonds is 3. The summed E-state index contributed by atoms with van der Waals surface area (Å²) in [5, 5.41) is 8.09. The van der Waals surface area contributed by atoms with Crippen LogP contribution in [-0.2, 0) is 4.74 Å². The van der Waals surface area contributed by atoms with E-state index in [0.717, 1.165) is 5.56 Å². The minimum Gasteiger partial charge on any atom is -0.465 e. The summed E-state index contributed by atoms with van der Waals surface area (Å²) in [7, 11) is 1.26. The molecule has 0 atom stereocenters. The van der Waals surface area contributed by atoms with E-state index in [1.807, 2.05) is 13.0 Å². The number of ether oxygens (including phenoxy) is 2. The van der Waals surface area contributed by atoms with Crippen LogP contribution in [0.3, 0.4) is 0 Å². The van der Waals surface area contributed by atoms with Crippen LogP contribution in [0.1, 0.15) is 21.5 Å². The van der Waals surface area contributed by atoms with Crippen molar-refractivity contribution in [2.75, 3.05) is 7.11 Å². The van der Waals surface area contributed by atoms with Gasteiger partial charge in [0.05, 0.1) is 12.1 Å². The molecule has 1 aromatic carbocycles. The highest BCUT2D eigenvalue weighted by Gasteiger charge is 2.22. The monoisotopic (exact) mass is 326 g/mol. The molecule has 0 bridgehead atoms. The van der Waals surface area contributed by atoms with Crippen molar-refractivity contribution in [3.63, 3.8) is 0 Å². The number of carbonyl (C=O) groups is 1. The third-order valence-corrected chi connectivity index (χ3v) is 3.54. The van der Waals surface area contributed by atoms with Gasteiger partial charge in [-0.05, 0) is 25.5 Å². The first-order valence-electron chi connectivity index (χ1n) is 5.99. The summed E-state index contributed by atoms with van der Waals surface area (Å²) in [6, 6.07) is 5.30. The summed E-state index contributed by atoms with van der Waals surface area (Å²) >= 11 is 12.0. The lowest BCUT2D eigenvalue weighted by Crippen LogP contribution is -2.10. The number of halogens is 2. The molecule has 1 heterocycles. The molecule has 2 aromatic rings. The quantitative estimate of drug-likeness (QED) is 0.798. The molecule has 21 heavy (non-hydrogen) atoms. The first-order chi connectivity index (χ1) is 9.95. The third-order valence-electron chi connectivity index (χ3n) is 2.88. The Morgan fingerprint density at radius 2 is 1.90 bits per heavy atom. The number of methoxy groups -OCH3 is 1. The zero-order valence-electron chi connectivity index (χ0n) is 11.6. The molecule has 0 N–H and O–H groups in total. The van der Waals surface area contributed by atoms with Gasteiger partial charge in [0.15, 0.2) is 10.9 Å². The van der Waals surface area contributed by atoms with E-state index in [2.05, 4.69) is 10.2 Å². The maximum Gasteiger partial charge on any atom is 0.343 e. The van der Waals surface area contributed by atoms with Gasteiger partial charge < -0.3 is 9.47 Å². The van der Waals surface area contributed by atoms with E-state index in [1.54, 1.807) is 19.1 Å². The molecular weight excluding hydrogens is 315 g/mol. The van der Waals surface area contributed by atoms with Crippen LogP contribution < -0.4 is 4.74 Å². The largest absolute Gasteiger partial charge is 0.465 e. The van der Waals surface area contributed by atoms with Crippen LogP contribution in [-0.4, -0.2) is 23.3 Å². The highest BCUT2D eigenvalue weighted by molar-refractivity contribution is 6.32. The molecule has 0 radical (unpaired) electrons. The van der Waals surface area contributed by atoms with Crippen LogP contribution in [0.15, 0.2) is 18.2 Å². The average Bonchev–Trinajstić information content (AvgIpc) is 2.46. The van der Waals surface area contributed by atoms with Crippen molar-refractivity contribution < 1.29 is 14.3 Å². The number of aromatic nitrogens is 2. The first-order valence-corrected chi connectivity index (χ1v) is 6.75. The Balaban J connectivity index is 2.55. The zero-order valence-corrected chi connectivity index (χ0v) is 13.1. The van der Waals surface area contributed by atoms with E-state index in [9.17, 15) is 4.79 Å². The summed E-state index contributed by atoms with van der Waals surface area (Å²) in [5.74, 6) is -0.204. The van der Waals surface area contributed by atoms with Crippen molar-refractivity contribution >= 4 is 29.2 Å². The molecule has 5 nitrogen and oxygen atoms in total. The Kier molecular flexibility index (Phi) is 4.65. The summed E-state index contributed by atoms with van der Waals surface area (Å²) in [4.78, 5) is 11.9. The molecule has 0 unspecified atom stereocenters. The summed E-state index contributed by atoms with van der Waals surface area (Å²) in [6.07, 6.45) is 0. The fraction of sp³-hybridized carbons (Fsp3) is 0.214. The van der Waals surface area contributed by atoms with Gasteiger partial charge in [-0.25, -0.2) is 4.79 Å². The van der Waals surface area contributed by atoms with Gasteiger partial charge in [-0.2, -0.15) is 0 Å². The van der Waals surface area contributed by atoms with Crippen molar-refractivity contribution in [3.8, 4) is 11.6 Å². The van der Waals surface area contributed by atoms with Crippen molar-refractivity contribution in [2.24, 2.45) is 0 Å². The molecule has 0 saturated carbocycles. The second-order valence-electron chi connectivity index (χ2n) is 4.28. The molecule has 0 spiro atoms.